The molecule has 1 amide bonds. The van der Waals surface area contributed by atoms with Gasteiger partial charge in [-0.05, 0) is 74.5 Å². The summed E-state index contributed by atoms with van der Waals surface area (Å²) in [5.74, 6) is 1.75. The average molecular weight is 394 g/mol. The minimum Gasteiger partial charge on any atom is -0.497 e. The highest BCUT2D eigenvalue weighted by Gasteiger charge is 2.33. The van der Waals surface area contributed by atoms with Crippen molar-refractivity contribution >= 4 is 5.91 Å². The van der Waals surface area contributed by atoms with Crippen LogP contribution in [-0.4, -0.2) is 36.0 Å². The first-order valence-corrected chi connectivity index (χ1v) is 10.8. The van der Waals surface area contributed by atoms with Crippen molar-refractivity contribution in [3.8, 4) is 5.75 Å². The molecule has 1 saturated carbocycles. The highest BCUT2D eigenvalue weighted by atomic mass is 16.5. The minimum atomic E-state index is 0.0169. The fourth-order valence-electron chi connectivity index (χ4n) is 4.41. The Balaban J connectivity index is 1.38. The van der Waals surface area contributed by atoms with Crippen LogP contribution in [0, 0.1) is 11.8 Å². The summed E-state index contributed by atoms with van der Waals surface area (Å²) < 4.78 is 5.35. The molecule has 0 spiro atoms. The number of pyridine rings is 1. The van der Waals surface area contributed by atoms with E-state index in [1.54, 1.807) is 7.11 Å². The first-order chi connectivity index (χ1) is 14.2. The molecule has 1 aromatic carbocycles. The van der Waals surface area contributed by atoms with Gasteiger partial charge >= 0.3 is 0 Å². The van der Waals surface area contributed by atoms with E-state index in [-0.39, 0.29) is 17.9 Å². The van der Waals surface area contributed by atoms with Crippen LogP contribution in [0.3, 0.4) is 0 Å². The SMILES string of the molecule is COc1cccc(CN2CCC(C(NC(=O)C3CCC3)c3ccccn3)CC2)c1. The quantitative estimate of drug-likeness (QED) is 0.774. The molecule has 1 N–H and O–H groups in total. The summed E-state index contributed by atoms with van der Waals surface area (Å²) in [4.78, 5) is 19.7. The van der Waals surface area contributed by atoms with Crippen LogP contribution in [0.4, 0.5) is 0 Å². The molecule has 5 nitrogen and oxygen atoms in total. The van der Waals surface area contributed by atoms with Gasteiger partial charge in [-0.15, -0.1) is 0 Å². The van der Waals surface area contributed by atoms with Crippen LogP contribution in [0.2, 0.25) is 0 Å². The standard InChI is InChI=1S/C24H31N3O2/c1-29-21-9-4-6-18(16-21)17-27-14-11-19(12-15-27)23(22-10-2-3-13-25-22)26-24(28)20-7-5-8-20/h2-4,6,9-10,13,16,19-20,23H,5,7-8,11-12,14-15,17H2,1H3,(H,26,28). The minimum absolute atomic E-state index is 0.0169. The number of carbonyl (C=O) groups is 1. The second-order valence-corrected chi connectivity index (χ2v) is 8.33. The lowest BCUT2D eigenvalue weighted by Crippen LogP contribution is -2.43. The van der Waals surface area contributed by atoms with Crippen molar-refractivity contribution in [2.45, 2.75) is 44.7 Å². The third-order valence-corrected chi connectivity index (χ3v) is 6.42. The number of ether oxygens (including phenoxy) is 1. The zero-order chi connectivity index (χ0) is 20.1. The second-order valence-electron chi connectivity index (χ2n) is 8.33. The Labute approximate surface area is 173 Å². The predicted molar refractivity (Wildman–Crippen MR) is 113 cm³/mol. The van der Waals surface area contributed by atoms with Gasteiger partial charge in [-0.2, -0.15) is 0 Å². The average Bonchev–Trinajstić information content (AvgIpc) is 2.72. The number of piperidine rings is 1. The fraction of sp³-hybridized carbons (Fsp3) is 0.500. The number of rotatable bonds is 7. The van der Waals surface area contributed by atoms with E-state index in [0.717, 1.165) is 56.8 Å². The van der Waals surface area contributed by atoms with E-state index in [4.69, 9.17) is 4.74 Å². The molecule has 29 heavy (non-hydrogen) atoms. The van der Waals surface area contributed by atoms with E-state index in [1.807, 2.05) is 36.5 Å². The van der Waals surface area contributed by atoms with Crippen molar-refractivity contribution < 1.29 is 9.53 Å². The van der Waals surface area contributed by atoms with Crippen LogP contribution in [0.1, 0.15) is 49.4 Å². The molecule has 1 aliphatic heterocycles. The third-order valence-electron chi connectivity index (χ3n) is 6.42. The van der Waals surface area contributed by atoms with Crippen molar-refractivity contribution in [1.82, 2.24) is 15.2 Å². The number of hydrogen-bond donors (Lipinski definition) is 1. The molecule has 1 aromatic heterocycles. The molecular formula is C24H31N3O2. The van der Waals surface area contributed by atoms with Gasteiger partial charge in [0.05, 0.1) is 18.8 Å². The molecule has 5 heteroatoms. The molecule has 2 aromatic rings. The number of carbonyl (C=O) groups excluding carboxylic acids is 1. The molecule has 2 aliphatic rings. The molecule has 2 heterocycles. The number of likely N-dealkylation sites (tertiary alicyclic amines) is 1. The first-order valence-electron chi connectivity index (χ1n) is 10.8. The summed E-state index contributed by atoms with van der Waals surface area (Å²) in [6.45, 7) is 3.00. The van der Waals surface area contributed by atoms with Gasteiger partial charge in [0.2, 0.25) is 5.91 Å². The summed E-state index contributed by atoms with van der Waals surface area (Å²) in [6, 6.07) is 14.3. The molecule has 1 saturated heterocycles. The lowest BCUT2D eigenvalue weighted by atomic mass is 9.83. The largest absolute Gasteiger partial charge is 0.497 e. The van der Waals surface area contributed by atoms with Gasteiger partial charge in [0.1, 0.15) is 5.75 Å². The number of nitrogens with zero attached hydrogens (tertiary/aromatic N) is 2. The van der Waals surface area contributed by atoms with Gasteiger partial charge < -0.3 is 10.1 Å². The van der Waals surface area contributed by atoms with Gasteiger partial charge in [-0.1, -0.05) is 24.6 Å². The normalized spacial score (nSPS) is 19.3. The van der Waals surface area contributed by atoms with Crippen LogP contribution < -0.4 is 10.1 Å². The molecule has 1 unspecified atom stereocenters. The number of benzene rings is 1. The van der Waals surface area contributed by atoms with E-state index in [1.165, 1.54) is 12.0 Å². The maximum absolute atomic E-state index is 12.7. The summed E-state index contributed by atoms with van der Waals surface area (Å²) in [5, 5.41) is 3.35. The number of hydrogen-bond acceptors (Lipinski definition) is 4. The summed E-state index contributed by atoms with van der Waals surface area (Å²) in [5.41, 5.74) is 2.27. The maximum atomic E-state index is 12.7. The highest BCUT2D eigenvalue weighted by Crippen LogP contribution is 2.33. The van der Waals surface area contributed by atoms with Crippen LogP contribution in [0.15, 0.2) is 48.7 Å². The maximum Gasteiger partial charge on any atom is 0.223 e. The van der Waals surface area contributed by atoms with E-state index in [2.05, 4.69) is 27.3 Å². The van der Waals surface area contributed by atoms with E-state index in [0.29, 0.717) is 5.92 Å². The summed E-state index contributed by atoms with van der Waals surface area (Å²) in [6.07, 6.45) is 7.19. The number of nitrogens with one attached hydrogen (secondary N) is 1. The molecule has 0 bridgehead atoms. The zero-order valence-electron chi connectivity index (χ0n) is 17.2. The van der Waals surface area contributed by atoms with Crippen molar-refractivity contribution in [2.24, 2.45) is 11.8 Å². The summed E-state index contributed by atoms with van der Waals surface area (Å²) >= 11 is 0. The monoisotopic (exact) mass is 393 g/mol. The predicted octanol–water partition coefficient (Wildman–Crippen LogP) is 3.96. The highest BCUT2D eigenvalue weighted by molar-refractivity contribution is 5.79. The fourth-order valence-corrected chi connectivity index (χ4v) is 4.41. The smallest absolute Gasteiger partial charge is 0.223 e. The van der Waals surface area contributed by atoms with Crippen molar-refractivity contribution in [3.05, 3.63) is 59.9 Å². The molecule has 154 valence electrons. The Morgan fingerprint density at radius 3 is 2.66 bits per heavy atom. The van der Waals surface area contributed by atoms with E-state index < -0.39 is 0 Å². The van der Waals surface area contributed by atoms with Crippen LogP contribution in [0.25, 0.3) is 0 Å². The Morgan fingerprint density at radius 2 is 2.00 bits per heavy atom. The van der Waals surface area contributed by atoms with Crippen LogP contribution >= 0.6 is 0 Å². The summed E-state index contributed by atoms with van der Waals surface area (Å²) in [7, 11) is 1.71. The number of methoxy groups -OCH3 is 1. The van der Waals surface area contributed by atoms with Crippen molar-refractivity contribution in [2.75, 3.05) is 20.2 Å². The van der Waals surface area contributed by atoms with Gasteiger partial charge in [-0.3, -0.25) is 14.7 Å². The molecule has 4 rings (SSSR count). The van der Waals surface area contributed by atoms with E-state index >= 15 is 0 Å². The molecule has 0 radical (unpaired) electrons. The Morgan fingerprint density at radius 1 is 1.17 bits per heavy atom. The molecule has 1 aliphatic carbocycles. The third kappa shape index (κ3) is 4.96. The molecular weight excluding hydrogens is 362 g/mol. The van der Waals surface area contributed by atoms with Crippen LogP contribution in [0.5, 0.6) is 5.75 Å². The Hall–Kier alpha value is -2.40. The molecule has 2 fully saturated rings. The second kappa shape index (κ2) is 9.40. The van der Waals surface area contributed by atoms with Gasteiger partial charge in [-0.25, -0.2) is 0 Å². The van der Waals surface area contributed by atoms with Crippen molar-refractivity contribution in [3.63, 3.8) is 0 Å². The van der Waals surface area contributed by atoms with Gasteiger partial charge in [0.25, 0.3) is 0 Å². The first kappa shape index (κ1) is 19.9. The zero-order valence-corrected chi connectivity index (χ0v) is 17.2. The Bertz CT molecular complexity index is 799. The van der Waals surface area contributed by atoms with Crippen LogP contribution in [-0.2, 0) is 11.3 Å². The lowest BCUT2D eigenvalue weighted by molar-refractivity contribution is -0.128. The topological polar surface area (TPSA) is 54.5 Å². The van der Waals surface area contributed by atoms with Crippen molar-refractivity contribution in [1.29, 1.82) is 0 Å². The Kier molecular flexibility index (Phi) is 6.45. The van der Waals surface area contributed by atoms with Gasteiger partial charge in [0.15, 0.2) is 0 Å². The lowest BCUT2D eigenvalue weighted by Gasteiger charge is -2.37. The number of amides is 1. The molecule has 1 atom stereocenters. The number of aromatic nitrogens is 1. The van der Waals surface area contributed by atoms with Gasteiger partial charge in [0, 0.05) is 18.7 Å². The van der Waals surface area contributed by atoms with E-state index in [9.17, 15) is 4.79 Å².